The first kappa shape index (κ1) is 10.9. The summed E-state index contributed by atoms with van der Waals surface area (Å²) in [5, 5.41) is 27.7. The van der Waals surface area contributed by atoms with Crippen LogP contribution in [0.4, 0.5) is 0 Å². The summed E-state index contributed by atoms with van der Waals surface area (Å²) in [6.07, 6.45) is -0.619. The molecule has 0 saturated heterocycles. The van der Waals surface area contributed by atoms with Crippen LogP contribution in [0.1, 0.15) is 16.0 Å². The number of nitrogens with zero attached hydrogens (tertiary/aromatic N) is 1. The minimum Gasteiger partial charge on any atom is -0.391 e. The smallest absolute Gasteiger partial charge is 0.132 e. The third-order valence-electron chi connectivity index (χ3n) is 1.50. The van der Waals surface area contributed by atoms with Crippen LogP contribution in [-0.2, 0) is 6.61 Å². The molecule has 0 spiro atoms. The molecule has 0 amide bonds. The van der Waals surface area contributed by atoms with E-state index in [1.165, 1.54) is 6.20 Å². The number of hydrogen-bond donors (Lipinski definition) is 3. The van der Waals surface area contributed by atoms with Crippen LogP contribution in [0.25, 0.3) is 0 Å². The largest absolute Gasteiger partial charge is 0.391 e. The number of rotatable bonds is 4. The van der Waals surface area contributed by atoms with Gasteiger partial charge in [0.25, 0.3) is 0 Å². The Bertz CT molecular complexity index is 268. The van der Waals surface area contributed by atoms with Crippen molar-refractivity contribution in [3.63, 3.8) is 0 Å². The molecule has 1 aromatic rings. The van der Waals surface area contributed by atoms with Crippen molar-refractivity contribution in [3.05, 3.63) is 16.1 Å². The minimum absolute atomic E-state index is 0.0464. The van der Waals surface area contributed by atoms with Gasteiger partial charge < -0.3 is 15.3 Å². The number of aliphatic hydroxyl groups is 3. The SMILES string of the molecule is OCc1cnc(C(O)C(O)CCl)s1. The van der Waals surface area contributed by atoms with Gasteiger partial charge in [0, 0.05) is 6.20 Å². The van der Waals surface area contributed by atoms with E-state index in [1.54, 1.807) is 0 Å². The second-order valence-corrected chi connectivity index (χ2v) is 3.94. The number of halogens is 1. The summed E-state index contributed by atoms with van der Waals surface area (Å²) in [4.78, 5) is 4.49. The molecule has 1 heterocycles. The summed E-state index contributed by atoms with van der Waals surface area (Å²) < 4.78 is 0. The van der Waals surface area contributed by atoms with E-state index in [2.05, 4.69) is 4.98 Å². The molecule has 4 nitrogen and oxygen atoms in total. The first-order chi connectivity index (χ1) is 6.19. The Kier molecular flexibility index (Phi) is 4.08. The highest BCUT2D eigenvalue weighted by atomic mass is 35.5. The maximum absolute atomic E-state index is 9.43. The summed E-state index contributed by atoms with van der Waals surface area (Å²) >= 11 is 6.51. The van der Waals surface area contributed by atoms with Crippen LogP contribution in [0, 0.1) is 0 Å². The number of alkyl halides is 1. The molecule has 0 saturated carbocycles. The van der Waals surface area contributed by atoms with Gasteiger partial charge in [-0.15, -0.1) is 22.9 Å². The van der Waals surface area contributed by atoms with Gasteiger partial charge in [0.2, 0.25) is 0 Å². The summed E-state index contributed by atoms with van der Waals surface area (Å²) in [7, 11) is 0. The molecule has 0 bridgehead atoms. The van der Waals surface area contributed by atoms with Crippen molar-refractivity contribution in [3.8, 4) is 0 Å². The lowest BCUT2D eigenvalue weighted by Gasteiger charge is -2.11. The van der Waals surface area contributed by atoms with Gasteiger partial charge in [0.05, 0.1) is 23.5 Å². The van der Waals surface area contributed by atoms with Crippen molar-refractivity contribution in [1.82, 2.24) is 4.98 Å². The Morgan fingerprint density at radius 1 is 1.54 bits per heavy atom. The van der Waals surface area contributed by atoms with E-state index < -0.39 is 12.2 Å². The van der Waals surface area contributed by atoms with Gasteiger partial charge in [-0.3, -0.25) is 0 Å². The molecule has 0 aliphatic heterocycles. The van der Waals surface area contributed by atoms with Crippen LogP contribution in [-0.4, -0.2) is 32.3 Å². The maximum Gasteiger partial charge on any atom is 0.132 e. The third-order valence-corrected chi connectivity index (χ3v) is 2.87. The van der Waals surface area contributed by atoms with Crippen LogP contribution >= 0.6 is 22.9 Å². The van der Waals surface area contributed by atoms with E-state index in [0.717, 1.165) is 11.3 Å². The van der Waals surface area contributed by atoms with Crippen LogP contribution in [0.5, 0.6) is 0 Å². The maximum atomic E-state index is 9.43. The molecule has 2 atom stereocenters. The van der Waals surface area contributed by atoms with Crippen LogP contribution in [0.15, 0.2) is 6.20 Å². The molecular weight excluding hydrogens is 214 g/mol. The topological polar surface area (TPSA) is 73.6 Å². The average Bonchev–Trinajstić information content (AvgIpc) is 2.63. The Labute approximate surface area is 84.4 Å². The van der Waals surface area contributed by atoms with Crippen molar-refractivity contribution >= 4 is 22.9 Å². The molecule has 1 aromatic heterocycles. The van der Waals surface area contributed by atoms with Crippen LogP contribution < -0.4 is 0 Å². The van der Waals surface area contributed by atoms with Gasteiger partial charge >= 0.3 is 0 Å². The first-order valence-corrected chi connectivity index (χ1v) is 5.01. The Balaban J connectivity index is 2.70. The second-order valence-electron chi connectivity index (χ2n) is 2.49. The molecule has 13 heavy (non-hydrogen) atoms. The monoisotopic (exact) mass is 223 g/mol. The van der Waals surface area contributed by atoms with Gasteiger partial charge in [0.15, 0.2) is 0 Å². The molecular formula is C7H10ClNO3S. The fourth-order valence-electron chi connectivity index (χ4n) is 0.781. The third kappa shape index (κ3) is 2.62. The lowest BCUT2D eigenvalue weighted by molar-refractivity contribution is 0.0326. The normalized spacial score (nSPS) is 15.7. The first-order valence-electron chi connectivity index (χ1n) is 3.66. The molecule has 0 radical (unpaired) electrons. The number of hydrogen-bond acceptors (Lipinski definition) is 5. The van der Waals surface area contributed by atoms with Gasteiger partial charge in [-0.05, 0) is 0 Å². The van der Waals surface area contributed by atoms with Gasteiger partial charge in [-0.2, -0.15) is 0 Å². The summed E-state index contributed by atoms with van der Waals surface area (Å²) in [6.45, 7) is -0.110. The molecule has 2 unspecified atom stereocenters. The molecule has 74 valence electrons. The van der Waals surface area contributed by atoms with Crippen molar-refractivity contribution in [2.75, 3.05) is 5.88 Å². The highest BCUT2D eigenvalue weighted by molar-refractivity contribution is 7.11. The average molecular weight is 224 g/mol. The van der Waals surface area contributed by atoms with E-state index in [1.807, 2.05) is 0 Å². The highest BCUT2D eigenvalue weighted by Gasteiger charge is 2.20. The van der Waals surface area contributed by atoms with Crippen molar-refractivity contribution in [2.45, 2.75) is 18.8 Å². The van der Waals surface area contributed by atoms with Gasteiger partial charge in [-0.1, -0.05) is 0 Å². The lowest BCUT2D eigenvalue weighted by Crippen LogP contribution is -2.19. The zero-order chi connectivity index (χ0) is 9.84. The van der Waals surface area contributed by atoms with Gasteiger partial charge in [-0.25, -0.2) is 4.98 Å². The zero-order valence-corrected chi connectivity index (χ0v) is 8.29. The van der Waals surface area contributed by atoms with Crippen LogP contribution in [0.2, 0.25) is 0 Å². The second kappa shape index (κ2) is 4.88. The predicted molar refractivity (Wildman–Crippen MR) is 49.7 cm³/mol. The molecule has 1 rings (SSSR count). The molecule has 6 heteroatoms. The lowest BCUT2D eigenvalue weighted by atomic mass is 10.2. The van der Waals surface area contributed by atoms with Crippen LogP contribution in [0.3, 0.4) is 0 Å². The van der Waals surface area contributed by atoms with E-state index >= 15 is 0 Å². The van der Waals surface area contributed by atoms with E-state index in [0.29, 0.717) is 9.88 Å². The van der Waals surface area contributed by atoms with E-state index in [9.17, 15) is 10.2 Å². The fraction of sp³-hybridized carbons (Fsp3) is 0.571. The number of aromatic nitrogens is 1. The molecule has 3 N–H and O–H groups in total. The Hall–Kier alpha value is -0.200. The van der Waals surface area contributed by atoms with E-state index in [-0.39, 0.29) is 12.5 Å². The zero-order valence-electron chi connectivity index (χ0n) is 6.72. The quantitative estimate of drug-likeness (QED) is 0.641. The summed E-state index contributed by atoms with van der Waals surface area (Å²) in [6, 6.07) is 0. The number of aliphatic hydroxyl groups excluding tert-OH is 3. The van der Waals surface area contributed by atoms with E-state index in [4.69, 9.17) is 16.7 Å². The Morgan fingerprint density at radius 3 is 2.69 bits per heavy atom. The highest BCUT2D eigenvalue weighted by Crippen LogP contribution is 2.23. The molecule has 0 fully saturated rings. The summed E-state index contributed by atoms with van der Waals surface area (Å²) in [5.41, 5.74) is 0. The van der Waals surface area contributed by atoms with Crippen molar-refractivity contribution < 1.29 is 15.3 Å². The molecule has 0 aromatic carbocycles. The minimum atomic E-state index is -1.07. The molecule has 0 aliphatic rings. The standard InChI is InChI=1S/C7H10ClNO3S/c8-1-5(11)6(12)7-9-2-4(3-10)13-7/h2,5-6,10-12H,1,3H2. The fourth-order valence-corrected chi connectivity index (χ4v) is 1.77. The van der Waals surface area contributed by atoms with Gasteiger partial charge in [0.1, 0.15) is 11.1 Å². The Morgan fingerprint density at radius 2 is 2.23 bits per heavy atom. The number of thiazole rings is 1. The summed E-state index contributed by atoms with van der Waals surface area (Å²) in [5.74, 6) is -0.0464. The van der Waals surface area contributed by atoms with Crippen molar-refractivity contribution in [2.24, 2.45) is 0 Å². The molecule has 0 aliphatic carbocycles. The van der Waals surface area contributed by atoms with Crippen molar-refractivity contribution in [1.29, 1.82) is 0 Å². The predicted octanol–water partition coefficient (Wildman–Crippen LogP) is 0.269.